The Morgan fingerprint density at radius 3 is 2.30 bits per heavy atom. The molecule has 1 spiro atoms. The first kappa shape index (κ1) is 22.0. The van der Waals surface area contributed by atoms with E-state index in [2.05, 4.69) is 5.32 Å². The lowest BCUT2D eigenvalue weighted by atomic mass is 9.75. The maximum absolute atomic E-state index is 14.0. The van der Waals surface area contributed by atoms with Crippen molar-refractivity contribution in [1.82, 2.24) is 4.90 Å². The predicted octanol–water partition coefficient (Wildman–Crippen LogP) is 5.09. The van der Waals surface area contributed by atoms with E-state index in [1.165, 1.54) is 24.3 Å². The number of alkyl halides is 1. The highest BCUT2D eigenvalue weighted by molar-refractivity contribution is 6.48. The summed E-state index contributed by atoms with van der Waals surface area (Å²) in [7, 11) is 0. The second kappa shape index (κ2) is 7.00. The van der Waals surface area contributed by atoms with E-state index in [0.29, 0.717) is 29.2 Å². The summed E-state index contributed by atoms with van der Waals surface area (Å²) in [6.07, 6.45) is 1.27. The highest BCUT2D eigenvalue weighted by Crippen LogP contribution is 2.65. The lowest BCUT2D eigenvalue weighted by molar-refractivity contribution is -0.135. The molecule has 4 atom stereocenters. The van der Waals surface area contributed by atoms with E-state index >= 15 is 0 Å². The van der Waals surface area contributed by atoms with Crippen LogP contribution in [0.25, 0.3) is 0 Å². The zero-order valence-electron chi connectivity index (χ0n) is 16.7. The molecule has 0 radical (unpaired) electrons. The van der Waals surface area contributed by atoms with Crippen LogP contribution in [-0.4, -0.2) is 40.1 Å². The van der Waals surface area contributed by atoms with Crippen LogP contribution in [0, 0.1) is 5.92 Å². The van der Waals surface area contributed by atoms with Gasteiger partial charge in [0.25, 0.3) is 11.8 Å². The standard InChI is InChI=1S/C22H14Cl5N3O3/c23-9-4-10(24)6-12(5-9)30-18(31)17-21(27,20(30)33)15-2-1-3-29(15)22(17)13-7-11(25)8-14(26)16(13)28-19(22)32/h4-8,15,17H,1-3H2,(H,28,32). The van der Waals surface area contributed by atoms with Gasteiger partial charge < -0.3 is 5.32 Å². The highest BCUT2D eigenvalue weighted by atomic mass is 35.5. The third-order valence-electron chi connectivity index (χ3n) is 7.18. The molecule has 3 fully saturated rings. The minimum Gasteiger partial charge on any atom is -0.323 e. The SMILES string of the molecule is O=C1C2C(Cl)(C(=O)N1c1cc(Cl)cc(Cl)c1)C1CCCN1C21C(=O)Nc2c(Cl)cc(Cl)cc21. The third-order valence-corrected chi connectivity index (χ3v) is 8.77. The first-order chi connectivity index (χ1) is 15.6. The Labute approximate surface area is 213 Å². The van der Waals surface area contributed by atoms with E-state index in [-0.39, 0.29) is 20.8 Å². The molecule has 3 amide bonds. The number of nitrogens with zero attached hydrogens (tertiary/aromatic N) is 2. The number of nitrogens with one attached hydrogen (secondary N) is 1. The van der Waals surface area contributed by atoms with Crippen molar-refractivity contribution >= 4 is 87.1 Å². The number of amides is 3. The Hall–Kier alpha value is -1.54. The van der Waals surface area contributed by atoms with Crippen molar-refractivity contribution < 1.29 is 14.4 Å². The fourth-order valence-corrected chi connectivity index (χ4v) is 7.75. The minimum atomic E-state index is -1.66. The summed E-state index contributed by atoms with van der Waals surface area (Å²) < 4.78 is 0. The zero-order chi connectivity index (χ0) is 23.4. The van der Waals surface area contributed by atoms with Crippen LogP contribution in [0.15, 0.2) is 30.3 Å². The molecule has 2 aromatic rings. The van der Waals surface area contributed by atoms with Crippen LogP contribution < -0.4 is 10.2 Å². The summed E-state index contributed by atoms with van der Waals surface area (Å²) in [4.78, 5) is 42.8. The summed E-state index contributed by atoms with van der Waals surface area (Å²) in [6, 6.07) is 7.05. The summed E-state index contributed by atoms with van der Waals surface area (Å²) in [5, 5.41) is 3.91. The van der Waals surface area contributed by atoms with Gasteiger partial charge in [0.05, 0.1) is 16.4 Å². The van der Waals surface area contributed by atoms with Gasteiger partial charge in [-0.15, -0.1) is 11.6 Å². The average Bonchev–Trinajstić information content (AvgIpc) is 3.41. The van der Waals surface area contributed by atoms with Gasteiger partial charge in [0.1, 0.15) is 11.5 Å². The molecule has 2 aromatic carbocycles. The zero-order valence-corrected chi connectivity index (χ0v) is 20.5. The summed E-state index contributed by atoms with van der Waals surface area (Å²) in [6.45, 7) is 0.496. The Bertz CT molecular complexity index is 1280. The van der Waals surface area contributed by atoms with Crippen molar-refractivity contribution in [2.75, 3.05) is 16.8 Å². The number of halogens is 5. The smallest absolute Gasteiger partial charge is 0.257 e. The molecule has 6 nitrogen and oxygen atoms in total. The van der Waals surface area contributed by atoms with E-state index in [0.717, 1.165) is 11.3 Å². The van der Waals surface area contributed by atoms with Crippen molar-refractivity contribution in [2.45, 2.75) is 29.3 Å². The van der Waals surface area contributed by atoms with Crippen LogP contribution in [0.2, 0.25) is 20.1 Å². The molecule has 4 aliphatic rings. The molecule has 4 unspecified atom stereocenters. The van der Waals surface area contributed by atoms with E-state index in [9.17, 15) is 14.4 Å². The maximum atomic E-state index is 14.0. The van der Waals surface area contributed by atoms with E-state index in [1.54, 1.807) is 6.07 Å². The fraction of sp³-hybridized carbons (Fsp3) is 0.318. The van der Waals surface area contributed by atoms with Crippen LogP contribution in [-0.2, 0) is 19.9 Å². The Morgan fingerprint density at radius 1 is 0.939 bits per heavy atom. The Kier molecular flexibility index (Phi) is 4.66. The number of benzene rings is 2. The quantitative estimate of drug-likeness (QED) is 0.400. The van der Waals surface area contributed by atoms with Crippen LogP contribution >= 0.6 is 58.0 Å². The molecule has 4 heterocycles. The molecular weight excluding hydrogens is 532 g/mol. The summed E-state index contributed by atoms with van der Waals surface area (Å²) in [5.74, 6) is -2.84. The first-order valence-electron chi connectivity index (χ1n) is 10.2. The predicted molar refractivity (Wildman–Crippen MR) is 128 cm³/mol. The molecule has 3 saturated heterocycles. The van der Waals surface area contributed by atoms with E-state index in [4.69, 9.17) is 58.0 Å². The number of carbonyl (C=O) groups is 3. The number of hydrogen-bond acceptors (Lipinski definition) is 4. The molecule has 6 rings (SSSR count). The van der Waals surface area contributed by atoms with Gasteiger partial charge in [-0.1, -0.05) is 46.4 Å². The van der Waals surface area contributed by atoms with Gasteiger partial charge in [0, 0.05) is 26.7 Å². The lowest BCUT2D eigenvalue weighted by Crippen LogP contribution is -2.54. The summed E-state index contributed by atoms with van der Waals surface area (Å²) in [5.41, 5.74) is -0.477. The normalized spacial score (nSPS) is 32.5. The van der Waals surface area contributed by atoms with Crippen molar-refractivity contribution in [3.05, 3.63) is 56.0 Å². The number of carbonyl (C=O) groups excluding carboxylic acids is 3. The largest absolute Gasteiger partial charge is 0.323 e. The van der Waals surface area contributed by atoms with Gasteiger partial charge in [-0.3, -0.25) is 19.3 Å². The van der Waals surface area contributed by atoms with Gasteiger partial charge >= 0.3 is 0 Å². The first-order valence-corrected chi connectivity index (χ1v) is 12.1. The van der Waals surface area contributed by atoms with Gasteiger partial charge in [-0.25, -0.2) is 4.90 Å². The second-order valence-electron chi connectivity index (χ2n) is 8.69. The topological polar surface area (TPSA) is 69.7 Å². The van der Waals surface area contributed by atoms with E-state index < -0.39 is 40.1 Å². The van der Waals surface area contributed by atoms with Crippen LogP contribution in [0.4, 0.5) is 11.4 Å². The highest BCUT2D eigenvalue weighted by Gasteiger charge is 2.81. The van der Waals surface area contributed by atoms with Crippen molar-refractivity contribution in [2.24, 2.45) is 5.92 Å². The molecule has 33 heavy (non-hydrogen) atoms. The van der Waals surface area contributed by atoms with Crippen LogP contribution in [0.5, 0.6) is 0 Å². The summed E-state index contributed by atoms with van der Waals surface area (Å²) >= 11 is 32.2. The molecule has 0 aromatic heterocycles. The Morgan fingerprint density at radius 2 is 1.61 bits per heavy atom. The van der Waals surface area contributed by atoms with Gasteiger partial charge in [-0.05, 0) is 49.7 Å². The van der Waals surface area contributed by atoms with E-state index in [1.807, 2.05) is 4.90 Å². The monoisotopic (exact) mass is 543 g/mol. The maximum Gasteiger partial charge on any atom is 0.257 e. The molecule has 170 valence electrons. The van der Waals surface area contributed by atoms with Crippen molar-refractivity contribution in [1.29, 1.82) is 0 Å². The van der Waals surface area contributed by atoms with Crippen LogP contribution in [0.1, 0.15) is 18.4 Å². The number of rotatable bonds is 1. The molecule has 11 heteroatoms. The van der Waals surface area contributed by atoms with Crippen LogP contribution in [0.3, 0.4) is 0 Å². The number of hydrogen-bond donors (Lipinski definition) is 1. The third kappa shape index (κ3) is 2.54. The molecule has 1 N–H and O–H groups in total. The second-order valence-corrected chi connectivity index (χ2v) is 11.0. The van der Waals surface area contributed by atoms with Gasteiger partial charge in [0.15, 0.2) is 4.87 Å². The fourth-order valence-electron chi connectivity index (χ4n) is 6.13. The molecule has 0 aliphatic carbocycles. The van der Waals surface area contributed by atoms with Gasteiger partial charge in [-0.2, -0.15) is 0 Å². The van der Waals surface area contributed by atoms with Crippen molar-refractivity contribution in [3.8, 4) is 0 Å². The van der Waals surface area contributed by atoms with Crippen molar-refractivity contribution in [3.63, 3.8) is 0 Å². The minimum absolute atomic E-state index is 0.208. The number of anilines is 2. The Balaban J connectivity index is 1.62. The molecule has 4 aliphatic heterocycles. The molecule has 0 saturated carbocycles. The molecular formula is C22H14Cl5N3O3. The average molecular weight is 546 g/mol. The number of fused-ring (bicyclic) bond motifs is 7. The molecule has 0 bridgehead atoms. The van der Waals surface area contributed by atoms with Gasteiger partial charge in [0.2, 0.25) is 5.91 Å². The lowest BCUT2D eigenvalue weighted by Gasteiger charge is -2.36. The number of imide groups is 1.